The Labute approximate surface area is 253 Å². The van der Waals surface area contributed by atoms with Crippen LogP contribution in [0, 0.1) is 34.2 Å². The van der Waals surface area contributed by atoms with Gasteiger partial charge in [0.15, 0.2) is 0 Å². The van der Waals surface area contributed by atoms with E-state index in [4.69, 9.17) is 21.1 Å². The SMILES string of the molecule is COC(=O)C1(Cc2nc(Cl)nc(N3CCN(C(=O)OC(C)(C)C)[C@@H](CC#N)C3)c2[N+](=O)[O-])CCCc2c1ccc(F)c2C. The van der Waals surface area contributed by atoms with E-state index in [-0.39, 0.29) is 49.3 Å². The standard InChI is InChI=1S/C29H34ClFN6O6/c1-17-19-7-6-11-29(25(38)42-5,20(19)8-9-21(17)31)15-22-23(37(40)41)24(34-26(30)33-22)35-13-14-36(18(16-35)10-12-32)27(39)43-28(2,3)4/h8-9,18H,6-7,10-11,13-16H2,1-5H3/t18-,29?/m0/s1. The molecule has 0 radical (unpaired) electrons. The first-order valence-corrected chi connectivity index (χ1v) is 14.3. The first kappa shape index (κ1) is 31.9. The molecule has 0 bridgehead atoms. The summed E-state index contributed by atoms with van der Waals surface area (Å²) in [4.78, 5) is 49.8. The summed E-state index contributed by atoms with van der Waals surface area (Å²) >= 11 is 6.34. The minimum absolute atomic E-state index is 0.0455. The van der Waals surface area contributed by atoms with Crippen LogP contribution in [0.4, 0.5) is 20.7 Å². The Morgan fingerprint density at radius 3 is 2.65 bits per heavy atom. The lowest BCUT2D eigenvalue weighted by atomic mass is 9.66. The average Bonchev–Trinajstić information content (AvgIpc) is 2.93. The van der Waals surface area contributed by atoms with Gasteiger partial charge in [0.05, 0.1) is 36.0 Å². The molecule has 1 aromatic heterocycles. The minimum atomic E-state index is -1.38. The number of amides is 1. The highest BCUT2D eigenvalue weighted by atomic mass is 35.5. The Balaban J connectivity index is 1.78. The first-order valence-electron chi connectivity index (χ1n) is 13.9. The lowest BCUT2D eigenvalue weighted by molar-refractivity contribution is -0.385. The van der Waals surface area contributed by atoms with Crippen molar-refractivity contribution in [1.29, 1.82) is 5.26 Å². The molecule has 1 unspecified atom stereocenters. The van der Waals surface area contributed by atoms with Gasteiger partial charge < -0.3 is 19.3 Å². The maximum atomic E-state index is 14.5. The zero-order valence-corrected chi connectivity index (χ0v) is 25.5. The predicted molar refractivity (Wildman–Crippen MR) is 154 cm³/mol. The fourth-order valence-corrected chi connectivity index (χ4v) is 6.21. The summed E-state index contributed by atoms with van der Waals surface area (Å²) in [7, 11) is 1.24. The van der Waals surface area contributed by atoms with Crippen molar-refractivity contribution in [3.05, 3.63) is 55.7 Å². The second-order valence-corrected chi connectivity index (χ2v) is 12.1. The number of ether oxygens (including phenoxy) is 2. The van der Waals surface area contributed by atoms with Crippen LogP contribution < -0.4 is 4.90 Å². The van der Waals surface area contributed by atoms with Crippen molar-refractivity contribution < 1.29 is 28.4 Å². The normalized spacial score (nSPS) is 20.2. The lowest BCUT2D eigenvalue weighted by Crippen LogP contribution is -2.56. The highest BCUT2D eigenvalue weighted by Crippen LogP contribution is 2.45. The van der Waals surface area contributed by atoms with Crippen LogP contribution in [0.25, 0.3) is 0 Å². The van der Waals surface area contributed by atoms with Gasteiger partial charge in [-0.3, -0.25) is 14.9 Å². The summed E-state index contributed by atoms with van der Waals surface area (Å²) in [5.41, 5.74) is -1.04. The molecule has 4 rings (SSSR count). The van der Waals surface area contributed by atoms with Crippen LogP contribution in [-0.2, 0) is 32.5 Å². The molecule has 2 aromatic rings. The molecule has 2 aliphatic rings. The third-order valence-electron chi connectivity index (χ3n) is 7.95. The largest absolute Gasteiger partial charge is 0.468 e. The first-order chi connectivity index (χ1) is 20.2. The van der Waals surface area contributed by atoms with Crippen molar-refractivity contribution in [2.24, 2.45) is 0 Å². The van der Waals surface area contributed by atoms with E-state index in [0.717, 1.165) is 0 Å². The van der Waals surface area contributed by atoms with Crippen LogP contribution in [-0.4, -0.2) is 70.2 Å². The molecule has 1 saturated heterocycles. The van der Waals surface area contributed by atoms with E-state index < -0.39 is 45.5 Å². The molecule has 43 heavy (non-hydrogen) atoms. The number of fused-ring (bicyclic) bond motifs is 1. The second-order valence-electron chi connectivity index (χ2n) is 11.8. The molecule has 0 N–H and O–H groups in total. The third-order valence-corrected chi connectivity index (χ3v) is 8.12. The number of hydrogen-bond donors (Lipinski definition) is 0. The lowest BCUT2D eigenvalue weighted by Gasteiger charge is -2.41. The van der Waals surface area contributed by atoms with Crippen molar-refractivity contribution in [1.82, 2.24) is 14.9 Å². The van der Waals surface area contributed by atoms with Crippen molar-refractivity contribution in [3.8, 4) is 6.07 Å². The summed E-state index contributed by atoms with van der Waals surface area (Å²) in [5, 5.41) is 21.8. The van der Waals surface area contributed by atoms with E-state index in [1.807, 2.05) is 0 Å². The van der Waals surface area contributed by atoms with E-state index >= 15 is 0 Å². The van der Waals surface area contributed by atoms with Crippen LogP contribution in [0.15, 0.2) is 12.1 Å². The number of carbonyl (C=O) groups excluding carboxylic acids is 2. The van der Waals surface area contributed by atoms with E-state index in [1.54, 1.807) is 32.6 Å². The Hall–Kier alpha value is -4.05. The summed E-state index contributed by atoms with van der Waals surface area (Å²) in [6.45, 7) is 7.13. The van der Waals surface area contributed by atoms with Crippen LogP contribution in [0.5, 0.6) is 0 Å². The van der Waals surface area contributed by atoms with Crippen molar-refractivity contribution >= 4 is 35.2 Å². The number of esters is 1. The van der Waals surface area contributed by atoms with E-state index in [9.17, 15) is 29.4 Å². The van der Waals surface area contributed by atoms with Crippen LogP contribution in [0.3, 0.4) is 0 Å². The Bertz CT molecular complexity index is 1490. The molecule has 0 spiro atoms. The van der Waals surface area contributed by atoms with Crippen LogP contribution in [0.1, 0.15) is 62.4 Å². The third kappa shape index (κ3) is 6.34. The van der Waals surface area contributed by atoms with E-state index in [2.05, 4.69) is 16.0 Å². The van der Waals surface area contributed by atoms with E-state index in [1.165, 1.54) is 24.1 Å². The monoisotopic (exact) mass is 616 g/mol. The van der Waals surface area contributed by atoms with Gasteiger partial charge in [0.1, 0.15) is 17.1 Å². The Morgan fingerprint density at radius 2 is 2.02 bits per heavy atom. The number of anilines is 1. The molecule has 1 amide bonds. The number of nitro groups is 1. The van der Waals surface area contributed by atoms with Gasteiger partial charge in [0.25, 0.3) is 0 Å². The fourth-order valence-electron chi connectivity index (χ4n) is 6.03. The number of nitrogens with zero attached hydrogens (tertiary/aromatic N) is 6. The highest BCUT2D eigenvalue weighted by Gasteiger charge is 2.48. The van der Waals surface area contributed by atoms with Gasteiger partial charge in [0.2, 0.25) is 11.1 Å². The van der Waals surface area contributed by atoms with Gasteiger partial charge >= 0.3 is 17.7 Å². The Morgan fingerprint density at radius 1 is 1.30 bits per heavy atom. The molecule has 0 saturated carbocycles. The number of aromatic nitrogens is 2. The quantitative estimate of drug-likeness (QED) is 0.191. The summed E-state index contributed by atoms with van der Waals surface area (Å²) in [6.07, 6.45) is 0.485. The summed E-state index contributed by atoms with van der Waals surface area (Å²) < 4.78 is 25.2. The minimum Gasteiger partial charge on any atom is -0.468 e. The Kier molecular flexibility index (Phi) is 9.11. The number of hydrogen-bond acceptors (Lipinski definition) is 10. The number of rotatable bonds is 6. The van der Waals surface area contributed by atoms with Crippen LogP contribution in [0.2, 0.25) is 5.28 Å². The fraction of sp³-hybridized carbons (Fsp3) is 0.552. The molecule has 230 valence electrons. The smallest absolute Gasteiger partial charge is 0.410 e. The van der Waals surface area contributed by atoms with Gasteiger partial charge in [-0.2, -0.15) is 10.2 Å². The van der Waals surface area contributed by atoms with Crippen molar-refractivity contribution in [2.45, 2.75) is 76.9 Å². The van der Waals surface area contributed by atoms with Gasteiger partial charge in [0, 0.05) is 26.1 Å². The molecule has 1 aliphatic heterocycles. The van der Waals surface area contributed by atoms with Crippen molar-refractivity contribution in [3.63, 3.8) is 0 Å². The zero-order chi connectivity index (χ0) is 31.7. The number of nitriles is 1. The average molecular weight is 617 g/mol. The number of methoxy groups -OCH3 is 1. The van der Waals surface area contributed by atoms with Gasteiger partial charge in [-0.15, -0.1) is 0 Å². The highest BCUT2D eigenvalue weighted by molar-refractivity contribution is 6.28. The van der Waals surface area contributed by atoms with E-state index in [0.29, 0.717) is 36.0 Å². The molecule has 2 heterocycles. The van der Waals surface area contributed by atoms with Gasteiger partial charge in [-0.1, -0.05) is 6.07 Å². The maximum Gasteiger partial charge on any atom is 0.410 e. The molecule has 1 aliphatic carbocycles. The molecule has 14 heteroatoms. The molecule has 2 atom stereocenters. The van der Waals surface area contributed by atoms with Gasteiger partial charge in [-0.05, 0) is 81.3 Å². The summed E-state index contributed by atoms with van der Waals surface area (Å²) in [5.74, 6) is -1.11. The molecule has 12 nitrogen and oxygen atoms in total. The van der Waals surface area contributed by atoms with Gasteiger partial charge in [-0.25, -0.2) is 14.2 Å². The number of halogens is 2. The number of piperazine rings is 1. The number of carbonyl (C=O) groups is 2. The predicted octanol–water partition coefficient (Wildman–Crippen LogP) is 4.81. The topological polar surface area (TPSA) is 152 Å². The summed E-state index contributed by atoms with van der Waals surface area (Å²) in [6, 6.07) is 4.24. The zero-order valence-electron chi connectivity index (χ0n) is 24.8. The maximum absolute atomic E-state index is 14.5. The molecule has 1 fully saturated rings. The van der Waals surface area contributed by atoms with Crippen molar-refractivity contribution in [2.75, 3.05) is 31.6 Å². The number of benzene rings is 1. The molecular formula is C29H34ClFN6O6. The van der Waals surface area contributed by atoms with Crippen LogP contribution >= 0.6 is 11.6 Å². The second kappa shape index (κ2) is 12.3. The molecular weight excluding hydrogens is 583 g/mol. The molecule has 1 aromatic carbocycles.